The van der Waals surface area contributed by atoms with Crippen LogP contribution in [0.15, 0.2) is 29.1 Å². The van der Waals surface area contributed by atoms with Crippen molar-refractivity contribution in [1.82, 2.24) is 20.2 Å². The summed E-state index contributed by atoms with van der Waals surface area (Å²) >= 11 is 0. The SMILES string of the molecule is C[C@H](NC(=O)[C@@H](C)N(C)Cc1nc2ccccc2c(=O)[nH]1)[C@H]1C[C@H]2CC[C@H]1C2. The van der Waals surface area contributed by atoms with Gasteiger partial charge in [0, 0.05) is 6.04 Å². The van der Waals surface area contributed by atoms with Gasteiger partial charge >= 0.3 is 0 Å². The third-order valence-electron chi connectivity index (χ3n) is 6.91. The van der Waals surface area contributed by atoms with Gasteiger partial charge in [0.1, 0.15) is 5.82 Å². The lowest BCUT2D eigenvalue weighted by Gasteiger charge is -2.31. The summed E-state index contributed by atoms with van der Waals surface area (Å²) in [7, 11) is 1.89. The molecule has 2 N–H and O–H groups in total. The lowest BCUT2D eigenvalue weighted by molar-refractivity contribution is -0.126. The van der Waals surface area contributed by atoms with Gasteiger partial charge < -0.3 is 10.3 Å². The molecule has 2 aliphatic rings. The van der Waals surface area contributed by atoms with Crippen molar-refractivity contribution in [2.75, 3.05) is 7.05 Å². The summed E-state index contributed by atoms with van der Waals surface area (Å²) in [6.07, 6.45) is 5.31. The molecule has 4 rings (SSSR count). The molecule has 2 fully saturated rings. The van der Waals surface area contributed by atoms with Gasteiger partial charge in [-0.2, -0.15) is 0 Å². The molecule has 6 nitrogen and oxygen atoms in total. The highest BCUT2D eigenvalue weighted by atomic mass is 16.2. The molecule has 2 aliphatic carbocycles. The van der Waals surface area contributed by atoms with E-state index >= 15 is 0 Å². The predicted octanol–water partition coefficient (Wildman–Crippen LogP) is 2.68. The molecule has 2 saturated carbocycles. The first-order valence-electron chi connectivity index (χ1n) is 10.4. The lowest BCUT2D eigenvalue weighted by Crippen LogP contribution is -2.48. The van der Waals surface area contributed by atoms with Crippen LogP contribution in [0.3, 0.4) is 0 Å². The Balaban J connectivity index is 1.38. The topological polar surface area (TPSA) is 78.1 Å². The highest BCUT2D eigenvalue weighted by molar-refractivity contribution is 5.81. The average Bonchev–Trinajstić information content (AvgIpc) is 3.31. The Morgan fingerprint density at radius 3 is 2.79 bits per heavy atom. The van der Waals surface area contributed by atoms with Crippen LogP contribution in [0.5, 0.6) is 0 Å². The normalized spacial score (nSPS) is 25.9. The highest BCUT2D eigenvalue weighted by Gasteiger charge is 2.42. The Morgan fingerprint density at radius 2 is 2.07 bits per heavy atom. The molecule has 2 aromatic rings. The fourth-order valence-corrected chi connectivity index (χ4v) is 5.14. The Hall–Kier alpha value is -2.21. The number of H-pyrrole nitrogens is 1. The van der Waals surface area contributed by atoms with E-state index in [2.05, 4.69) is 22.2 Å². The minimum Gasteiger partial charge on any atom is -0.352 e. The monoisotopic (exact) mass is 382 g/mol. The number of nitrogens with zero attached hydrogens (tertiary/aromatic N) is 2. The van der Waals surface area contributed by atoms with Crippen LogP contribution in [0.1, 0.15) is 45.4 Å². The molecule has 1 heterocycles. The fourth-order valence-electron chi connectivity index (χ4n) is 5.14. The van der Waals surface area contributed by atoms with Crippen molar-refractivity contribution < 1.29 is 4.79 Å². The first kappa shape index (κ1) is 19.1. The number of amides is 1. The predicted molar refractivity (Wildman–Crippen MR) is 110 cm³/mol. The van der Waals surface area contributed by atoms with Crippen molar-refractivity contribution in [2.24, 2.45) is 17.8 Å². The van der Waals surface area contributed by atoms with E-state index in [4.69, 9.17) is 0 Å². The summed E-state index contributed by atoms with van der Waals surface area (Å²) in [6.45, 7) is 4.47. The third kappa shape index (κ3) is 3.70. The van der Waals surface area contributed by atoms with Crippen LogP contribution in [0.4, 0.5) is 0 Å². The molecule has 1 aromatic carbocycles. The largest absolute Gasteiger partial charge is 0.352 e. The molecule has 1 aromatic heterocycles. The summed E-state index contributed by atoms with van der Waals surface area (Å²) in [5, 5.41) is 3.82. The van der Waals surface area contributed by atoms with Crippen molar-refractivity contribution in [3.8, 4) is 0 Å². The van der Waals surface area contributed by atoms with Gasteiger partial charge in [-0.3, -0.25) is 14.5 Å². The number of nitrogens with one attached hydrogen (secondary N) is 2. The van der Waals surface area contributed by atoms with Crippen molar-refractivity contribution in [3.63, 3.8) is 0 Å². The summed E-state index contributed by atoms with van der Waals surface area (Å²) in [5.41, 5.74) is 0.535. The van der Waals surface area contributed by atoms with Crippen LogP contribution in [-0.2, 0) is 11.3 Å². The van der Waals surface area contributed by atoms with Crippen molar-refractivity contribution in [1.29, 1.82) is 0 Å². The quantitative estimate of drug-likeness (QED) is 0.805. The summed E-state index contributed by atoms with van der Waals surface area (Å²) in [6, 6.07) is 7.22. The summed E-state index contributed by atoms with van der Waals surface area (Å²) in [4.78, 5) is 34.3. The van der Waals surface area contributed by atoms with E-state index < -0.39 is 0 Å². The molecular formula is C22H30N4O2. The number of aromatic nitrogens is 2. The number of hydrogen-bond acceptors (Lipinski definition) is 4. The van der Waals surface area contributed by atoms with E-state index in [1.54, 1.807) is 6.07 Å². The Labute approximate surface area is 165 Å². The van der Waals surface area contributed by atoms with Gasteiger partial charge in [-0.1, -0.05) is 18.6 Å². The molecule has 1 amide bonds. The molecule has 0 unspecified atom stereocenters. The standard InChI is InChI=1S/C22H30N4O2/c1-13(18-11-15-8-9-16(18)10-15)23-21(27)14(2)26(3)12-20-24-19-7-5-4-6-17(19)22(28)25-20/h4-7,13-16,18H,8-12H2,1-3H3,(H,23,27)(H,24,25,28)/t13-,14+,15-,16-,18+/m0/s1. The first-order valence-corrected chi connectivity index (χ1v) is 10.4. The van der Waals surface area contributed by atoms with Crippen LogP contribution in [0, 0.1) is 17.8 Å². The number of para-hydroxylation sites is 1. The highest BCUT2D eigenvalue weighted by Crippen LogP contribution is 2.49. The lowest BCUT2D eigenvalue weighted by atomic mass is 9.84. The Kier molecular flexibility index (Phi) is 5.23. The maximum Gasteiger partial charge on any atom is 0.258 e. The van der Waals surface area contributed by atoms with Gasteiger partial charge in [0.05, 0.1) is 23.5 Å². The van der Waals surface area contributed by atoms with Crippen molar-refractivity contribution >= 4 is 16.8 Å². The van der Waals surface area contributed by atoms with Crippen LogP contribution in [-0.4, -0.2) is 39.9 Å². The first-order chi connectivity index (χ1) is 13.4. The number of likely N-dealkylation sites (N-methyl/N-ethyl adjacent to an activating group) is 1. The van der Waals surface area contributed by atoms with E-state index in [-0.39, 0.29) is 23.6 Å². The minimum absolute atomic E-state index is 0.0425. The van der Waals surface area contributed by atoms with Crippen molar-refractivity contribution in [2.45, 2.75) is 58.2 Å². The molecule has 28 heavy (non-hydrogen) atoms. The molecule has 2 bridgehead atoms. The average molecular weight is 383 g/mol. The Bertz CT molecular complexity index is 924. The number of fused-ring (bicyclic) bond motifs is 3. The summed E-state index contributed by atoms with van der Waals surface area (Å²) < 4.78 is 0. The number of rotatable bonds is 6. The van der Waals surface area contributed by atoms with Gasteiger partial charge in [0.15, 0.2) is 0 Å². The molecule has 0 aliphatic heterocycles. The van der Waals surface area contributed by atoms with E-state index in [1.165, 1.54) is 25.7 Å². The van der Waals surface area contributed by atoms with Crippen LogP contribution >= 0.6 is 0 Å². The van der Waals surface area contributed by atoms with Crippen LogP contribution in [0.2, 0.25) is 0 Å². The number of hydrogen-bond donors (Lipinski definition) is 2. The molecule has 6 heteroatoms. The fraction of sp³-hybridized carbons (Fsp3) is 0.591. The van der Waals surface area contributed by atoms with E-state index in [0.717, 1.165) is 11.8 Å². The zero-order valence-corrected chi connectivity index (χ0v) is 16.9. The van der Waals surface area contributed by atoms with Gasteiger partial charge in [0.25, 0.3) is 5.56 Å². The number of carbonyl (C=O) groups excluding carboxylic acids is 1. The molecule has 0 radical (unpaired) electrons. The zero-order chi connectivity index (χ0) is 19.8. The van der Waals surface area contributed by atoms with Crippen LogP contribution in [0.25, 0.3) is 10.9 Å². The number of aromatic amines is 1. The maximum atomic E-state index is 12.8. The Morgan fingerprint density at radius 1 is 1.29 bits per heavy atom. The van der Waals surface area contributed by atoms with Gasteiger partial charge in [-0.15, -0.1) is 0 Å². The van der Waals surface area contributed by atoms with Crippen molar-refractivity contribution in [3.05, 3.63) is 40.4 Å². The second-order valence-corrected chi connectivity index (χ2v) is 8.76. The molecule has 150 valence electrons. The smallest absolute Gasteiger partial charge is 0.258 e. The van der Waals surface area contributed by atoms with E-state index in [9.17, 15) is 9.59 Å². The van der Waals surface area contributed by atoms with Gasteiger partial charge in [0.2, 0.25) is 5.91 Å². The van der Waals surface area contributed by atoms with E-state index in [1.807, 2.05) is 37.1 Å². The summed E-state index contributed by atoms with van der Waals surface area (Å²) in [5.74, 6) is 2.91. The third-order valence-corrected chi connectivity index (χ3v) is 6.91. The number of benzene rings is 1. The molecule has 5 atom stereocenters. The van der Waals surface area contributed by atoms with E-state index in [0.29, 0.717) is 29.2 Å². The molecule has 0 spiro atoms. The van der Waals surface area contributed by atoms with Gasteiger partial charge in [-0.05, 0) is 70.0 Å². The van der Waals surface area contributed by atoms with Gasteiger partial charge in [-0.25, -0.2) is 4.98 Å². The molecule has 0 saturated heterocycles. The minimum atomic E-state index is -0.294. The number of carbonyl (C=O) groups is 1. The van der Waals surface area contributed by atoms with Crippen LogP contribution < -0.4 is 10.9 Å². The maximum absolute atomic E-state index is 12.8. The zero-order valence-electron chi connectivity index (χ0n) is 16.9. The second-order valence-electron chi connectivity index (χ2n) is 8.76. The second kappa shape index (κ2) is 7.66. The molecular weight excluding hydrogens is 352 g/mol.